The molecule has 0 radical (unpaired) electrons. The standard InChI is InChI=1S/C20H26F3N3O2/c21-20(22,23)13-1-3-14(4-2-13)24-19(27)25-15-11-17-5-6-18(12-15)26(17)16-7-9-28-10-8-16/h1-4,15-18H,5-12H2,(H2,24,25,27). The average molecular weight is 397 g/mol. The van der Waals surface area contributed by atoms with E-state index in [1.54, 1.807) is 0 Å². The summed E-state index contributed by atoms with van der Waals surface area (Å²) in [6.07, 6.45) is 1.97. The summed E-state index contributed by atoms with van der Waals surface area (Å²) in [5.74, 6) is 0. The maximum absolute atomic E-state index is 12.6. The zero-order valence-electron chi connectivity index (χ0n) is 15.7. The van der Waals surface area contributed by atoms with Gasteiger partial charge in [-0.1, -0.05) is 0 Å². The maximum Gasteiger partial charge on any atom is 0.416 e. The van der Waals surface area contributed by atoms with Gasteiger partial charge in [0.25, 0.3) is 0 Å². The minimum absolute atomic E-state index is 0.100. The van der Waals surface area contributed by atoms with Crippen LogP contribution in [0, 0.1) is 0 Å². The minimum Gasteiger partial charge on any atom is -0.381 e. The number of amides is 2. The van der Waals surface area contributed by atoms with E-state index in [1.165, 1.54) is 25.0 Å². The number of rotatable bonds is 3. The third-order valence-corrected chi connectivity index (χ3v) is 6.21. The van der Waals surface area contributed by atoms with Crippen molar-refractivity contribution in [3.8, 4) is 0 Å². The van der Waals surface area contributed by atoms with E-state index in [9.17, 15) is 18.0 Å². The van der Waals surface area contributed by atoms with Crippen molar-refractivity contribution in [2.45, 2.75) is 68.9 Å². The molecule has 1 aromatic rings. The Morgan fingerprint density at radius 3 is 2.14 bits per heavy atom. The van der Waals surface area contributed by atoms with Crippen LogP contribution in [0.1, 0.15) is 44.1 Å². The second kappa shape index (κ2) is 7.91. The summed E-state index contributed by atoms with van der Waals surface area (Å²) < 4.78 is 43.4. The van der Waals surface area contributed by atoms with E-state index in [1.807, 2.05) is 0 Å². The number of alkyl halides is 3. The van der Waals surface area contributed by atoms with Crippen LogP contribution >= 0.6 is 0 Å². The molecular formula is C20H26F3N3O2. The van der Waals surface area contributed by atoms with Gasteiger partial charge >= 0.3 is 12.2 Å². The molecule has 2 N–H and O–H groups in total. The zero-order chi connectivity index (χ0) is 19.7. The molecule has 2 bridgehead atoms. The van der Waals surface area contributed by atoms with Gasteiger partial charge < -0.3 is 15.4 Å². The van der Waals surface area contributed by atoms with Gasteiger partial charge in [0.2, 0.25) is 0 Å². The predicted octanol–water partition coefficient (Wildman–Crippen LogP) is 4.00. The normalized spacial score (nSPS) is 28.9. The van der Waals surface area contributed by atoms with E-state index in [0.717, 1.165) is 51.0 Å². The Bertz CT molecular complexity index is 675. The molecule has 0 aromatic heterocycles. The number of carbonyl (C=O) groups excluding carboxylic acids is 1. The molecule has 28 heavy (non-hydrogen) atoms. The number of halogens is 3. The summed E-state index contributed by atoms with van der Waals surface area (Å²) >= 11 is 0. The van der Waals surface area contributed by atoms with Gasteiger partial charge in [-0.25, -0.2) is 4.79 Å². The molecule has 1 aromatic carbocycles. The molecule has 0 spiro atoms. The van der Waals surface area contributed by atoms with Gasteiger partial charge in [-0.2, -0.15) is 13.2 Å². The number of hydrogen-bond donors (Lipinski definition) is 2. The van der Waals surface area contributed by atoms with Gasteiger partial charge in [0.05, 0.1) is 5.56 Å². The van der Waals surface area contributed by atoms with Crippen LogP contribution in [0.25, 0.3) is 0 Å². The molecule has 3 heterocycles. The minimum atomic E-state index is -4.38. The molecule has 5 nitrogen and oxygen atoms in total. The van der Waals surface area contributed by atoms with E-state index in [4.69, 9.17) is 4.74 Å². The van der Waals surface area contributed by atoms with Gasteiger partial charge in [0.1, 0.15) is 0 Å². The lowest BCUT2D eigenvalue weighted by atomic mass is 9.93. The quantitative estimate of drug-likeness (QED) is 0.811. The maximum atomic E-state index is 12.6. The first-order valence-corrected chi connectivity index (χ1v) is 10.00. The number of carbonyl (C=O) groups is 1. The molecule has 2 amide bonds. The van der Waals surface area contributed by atoms with E-state index < -0.39 is 11.7 Å². The topological polar surface area (TPSA) is 53.6 Å². The van der Waals surface area contributed by atoms with Crippen molar-refractivity contribution in [1.29, 1.82) is 0 Å². The first-order valence-electron chi connectivity index (χ1n) is 10.00. The molecule has 4 rings (SSSR count). The lowest BCUT2D eigenvalue weighted by molar-refractivity contribution is -0.137. The average Bonchev–Trinajstić information content (AvgIpc) is 2.93. The van der Waals surface area contributed by atoms with Crippen LogP contribution in [0.5, 0.6) is 0 Å². The van der Waals surface area contributed by atoms with Crippen LogP contribution < -0.4 is 10.6 Å². The van der Waals surface area contributed by atoms with Gasteiger partial charge in [-0.3, -0.25) is 4.90 Å². The van der Waals surface area contributed by atoms with E-state index in [0.29, 0.717) is 23.8 Å². The number of hydrogen-bond acceptors (Lipinski definition) is 3. The number of ether oxygens (including phenoxy) is 1. The molecule has 8 heteroatoms. The number of nitrogens with zero attached hydrogens (tertiary/aromatic N) is 1. The molecule has 154 valence electrons. The van der Waals surface area contributed by atoms with Gasteiger partial charge in [0.15, 0.2) is 0 Å². The van der Waals surface area contributed by atoms with Crippen molar-refractivity contribution < 1.29 is 22.7 Å². The Kier molecular flexibility index (Phi) is 5.51. The molecule has 3 aliphatic rings. The fraction of sp³-hybridized carbons (Fsp3) is 0.650. The van der Waals surface area contributed by atoms with Crippen LogP contribution in [-0.4, -0.2) is 48.3 Å². The molecule has 0 saturated carbocycles. The summed E-state index contributed by atoms with van der Waals surface area (Å²) in [5.41, 5.74) is -0.372. The molecule has 3 fully saturated rings. The van der Waals surface area contributed by atoms with Crippen molar-refractivity contribution in [3.63, 3.8) is 0 Å². The molecule has 3 saturated heterocycles. The Morgan fingerprint density at radius 2 is 1.57 bits per heavy atom. The molecular weight excluding hydrogens is 371 g/mol. The van der Waals surface area contributed by atoms with Crippen LogP contribution in [0.3, 0.4) is 0 Å². The Balaban J connectivity index is 1.30. The Morgan fingerprint density at radius 1 is 0.964 bits per heavy atom. The van der Waals surface area contributed by atoms with E-state index in [2.05, 4.69) is 15.5 Å². The van der Waals surface area contributed by atoms with Crippen LogP contribution in [-0.2, 0) is 10.9 Å². The Labute approximate surface area is 162 Å². The molecule has 0 aliphatic carbocycles. The summed E-state index contributed by atoms with van der Waals surface area (Å²) in [4.78, 5) is 15.0. The smallest absolute Gasteiger partial charge is 0.381 e. The second-order valence-corrected chi connectivity index (χ2v) is 8.02. The monoisotopic (exact) mass is 397 g/mol. The highest BCUT2D eigenvalue weighted by molar-refractivity contribution is 5.89. The summed E-state index contributed by atoms with van der Waals surface area (Å²) in [5, 5.41) is 5.66. The fourth-order valence-corrected chi connectivity index (χ4v) is 5.01. The largest absolute Gasteiger partial charge is 0.416 e. The van der Waals surface area contributed by atoms with Gasteiger partial charge in [-0.05, 0) is 62.8 Å². The van der Waals surface area contributed by atoms with Gasteiger partial charge in [0, 0.05) is 43.1 Å². The number of urea groups is 1. The van der Waals surface area contributed by atoms with Crippen molar-refractivity contribution in [3.05, 3.63) is 29.8 Å². The first kappa shape index (κ1) is 19.5. The number of benzene rings is 1. The number of piperidine rings is 1. The third kappa shape index (κ3) is 4.27. The van der Waals surface area contributed by atoms with E-state index >= 15 is 0 Å². The SMILES string of the molecule is O=C(Nc1ccc(C(F)(F)F)cc1)NC1CC2CCC(C1)N2C1CCOCC1. The second-order valence-electron chi connectivity index (χ2n) is 8.02. The molecule has 3 aliphatic heterocycles. The lowest BCUT2D eigenvalue weighted by Crippen LogP contribution is -2.55. The molecule has 2 atom stereocenters. The van der Waals surface area contributed by atoms with Crippen molar-refractivity contribution in [2.24, 2.45) is 0 Å². The van der Waals surface area contributed by atoms with Crippen molar-refractivity contribution >= 4 is 11.7 Å². The summed E-state index contributed by atoms with van der Waals surface area (Å²) in [6, 6.07) is 5.83. The van der Waals surface area contributed by atoms with Crippen molar-refractivity contribution in [2.75, 3.05) is 18.5 Å². The first-order chi connectivity index (χ1) is 13.4. The zero-order valence-corrected chi connectivity index (χ0v) is 15.7. The summed E-state index contributed by atoms with van der Waals surface area (Å²) in [7, 11) is 0. The molecule has 2 unspecified atom stereocenters. The number of nitrogens with one attached hydrogen (secondary N) is 2. The highest BCUT2D eigenvalue weighted by atomic mass is 19.4. The summed E-state index contributed by atoms with van der Waals surface area (Å²) in [6.45, 7) is 1.66. The number of anilines is 1. The predicted molar refractivity (Wildman–Crippen MR) is 99.1 cm³/mol. The van der Waals surface area contributed by atoms with E-state index in [-0.39, 0.29) is 12.1 Å². The van der Waals surface area contributed by atoms with Gasteiger partial charge in [-0.15, -0.1) is 0 Å². The lowest BCUT2D eigenvalue weighted by Gasteiger charge is -2.45. The van der Waals surface area contributed by atoms with Crippen LogP contribution in [0.15, 0.2) is 24.3 Å². The highest BCUT2D eigenvalue weighted by Crippen LogP contribution is 2.39. The van der Waals surface area contributed by atoms with Crippen LogP contribution in [0.2, 0.25) is 0 Å². The van der Waals surface area contributed by atoms with Crippen molar-refractivity contribution in [1.82, 2.24) is 10.2 Å². The third-order valence-electron chi connectivity index (χ3n) is 6.21. The fourth-order valence-electron chi connectivity index (χ4n) is 5.01. The van der Waals surface area contributed by atoms with Crippen LogP contribution in [0.4, 0.5) is 23.7 Å². The Hall–Kier alpha value is -1.80. The highest BCUT2D eigenvalue weighted by Gasteiger charge is 2.44. The number of fused-ring (bicyclic) bond motifs is 2.